The van der Waals surface area contributed by atoms with Gasteiger partial charge in [0.25, 0.3) is 5.91 Å². The molecule has 1 unspecified atom stereocenters. The molecule has 4 heteroatoms. The second-order valence-electron chi connectivity index (χ2n) is 5.21. The molecule has 0 aliphatic heterocycles. The van der Waals surface area contributed by atoms with Crippen LogP contribution in [0.3, 0.4) is 0 Å². The maximum Gasteiger partial charge on any atom is 0.268 e. The Hall–Kier alpha value is -2.07. The molecular formula is C17H22N2O2. The summed E-state index contributed by atoms with van der Waals surface area (Å²) in [7, 11) is 0. The number of benzene rings is 1. The number of aliphatic hydroxyl groups is 1. The van der Waals surface area contributed by atoms with Crippen molar-refractivity contribution in [2.45, 2.75) is 32.4 Å². The highest BCUT2D eigenvalue weighted by molar-refractivity contribution is 5.92. The second kappa shape index (κ2) is 7.64. The van der Waals surface area contributed by atoms with Crippen LogP contribution >= 0.6 is 0 Å². The zero-order chi connectivity index (χ0) is 15.1. The second-order valence-corrected chi connectivity index (χ2v) is 5.21. The molecule has 1 aromatic carbocycles. The van der Waals surface area contributed by atoms with Gasteiger partial charge in [-0.05, 0) is 37.5 Å². The first-order chi connectivity index (χ1) is 10.2. The summed E-state index contributed by atoms with van der Waals surface area (Å²) in [5.74, 6) is -0.0889. The number of nitrogens with one attached hydrogen (secondary N) is 1. The van der Waals surface area contributed by atoms with Crippen LogP contribution in [-0.2, 0) is 13.0 Å². The van der Waals surface area contributed by atoms with Crippen LogP contribution in [-0.4, -0.2) is 28.2 Å². The average Bonchev–Trinajstić information content (AvgIpc) is 2.95. The molecule has 0 fully saturated rings. The Balaban J connectivity index is 1.96. The van der Waals surface area contributed by atoms with E-state index < -0.39 is 0 Å². The third-order valence-corrected chi connectivity index (χ3v) is 3.49. The molecule has 1 aromatic heterocycles. The lowest BCUT2D eigenvalue weighted by atomic mass is 10.1. The van der Waals surface area contributed by atoms with Crippen LogP contribution in [0.2, 0.25) is 0 Å². The van der Waals surface area contributed by atoms with Crippen molar-refractivity contribution in [1.29, 1.82) is 0 Å². The molecular weight excluding hydrogens is 264 g/mol. The van der Waals surface area contributed by atoms with Crippen LogP contribution in [0.15, 0.2) is 48.7 Å². The van der Waals surface area contributed by atoms with Crippen LogP contribution < -0.4 is 5.32 Å². The van der Waals surface area contributed by atoms with E-state index in [0.717, 1.165) is 13.0 Å². The van der Waals surface area contributed by atoms with Gasteiger partial charge in [-0.1, -0.05) is 30.3 Å². The van der Waals surface area contributed by atoms with Crippen LogP contribution in [0.5, 0.6) is 0 Å². The van der Waals surface area contributed by atoms with E-state index >= 15 is 0 Å². The molecule has 0 saturated heterocycles. The van der Waals surface area contributed by atoms with Crippen molar-refractivity contribution in [1.82, 2.24) is 9.88 Å². The standard InChI is InChI=1S/C17H22N2O2/c1-14(10-13-20)18-17(21)16-8-5-11-19(16)12-9-15-6-3-2-4-7-15/h2-8,11,14,20H,9-10,12-13H2,1H3,(H,18,21). The van der Waals surface area contributed by atoms with Crippen molar-refractivity contribution in [3.05, 3.63) is 59.9 Å². The van der Waals surface area contributed by atoms with E-state index in [9.17, 15) is 4.79 Å². The largest absolute Gasteiger partial charge is 0.396 e. The van der Waals surface area contributed by atoms with Crippen molar-refractivity contribution in [2.24, 2.45) is 0 Å². The van der Waals surface area contributed by atoms with Gasteiger partial charge in [0.1, 0.15) is 5.69 Å². The number of carbonyl (C=O) groups is 1. The van der Waals surface area contributed by atoms with E-state index in [-0.39, 0.29) is 18.6 Å². The molecule has 1 heterocycles. The van der Waals surface area contributed by atoms with Gasteiger partial charge in [-0.15, -0.1) is 0 Å². The smallest absolute Gasteiger partial charge is 0.268 e. The number of aromatic nitrogens is 1. The first-order valence-corrected chi connectivity index (χ1v) is 7.31. The normalized spacial score (nSPS) is 12.1. The van der Waals surface area contributed by atoms with Crippen molar-refractivity contribution in [3.8, 4) is 0 Å². The monoisotopic (exact) mass is 286 g/mol. The minimum Gasteiger partial charge on any atom is -0.396 e. The van der Waals surface area contributed by atoms with Crippen LogP contribution in [0.25, 0.3) is 0 Å². The van der Waals surface area contributed by atoms with Crippen molar-refractivity contribution < 1.29 is 9.90 Å². The minimum atomic E-state index is -0.0889. The molecule has 2 aromatic rings. The summed E-state index contributed by atoms with van der Waals surface area (Å²) in [6, 6.07) is 13.9. The number of amides is 1. The topological polar surface area (TPSA) is 54.3 Å². The Morgan fingerprint density at radius 1 is 1.24 bits per heavy atom. The van der Waals surface area contributed by atoms with Crippen LogP contribution in [0.1, 0.15) is 29.4 Å². The summed E-state index contributed by atoms with van der Waals surface area (Å²) in [6.45, 7) is 2.75. The minimum absolute atomic E-state index is 0.0278. The van der Waals surface area contributed by atoms with E-state index in [1.54, 1.807) is 0 Å². The quantitative estimate of drug-likeness (QED) is 0.820. The predicted molar refractivity (Wildman–Crippen MR) is 83.2 cm³/mol. The predicted octanol–water partition coefficient (Wildman–Crippen LogP) is 2.23. The Labute approximate surface area is 125 Å². The molecule has 0 bridgehead atoms. The van der Waals surface area contributed by atoms with Crippen molar-refractivity contribution in [2.75, 3.05) is 6.61 Å². The zero-order valence-corrected chi connectivity index (χ0v) is 12.3. The number of nitrogens with zero attached hydrogens (tertiary/aromatic N) is 1. The first-order valence-electron chi connectivity index (χ1n) is 7.31. The summed E-state index contributed by atoms with van der Waals surface area (Å²) < 4.78 is 1.97. The Morgan fingerprint density at radius 2 is 2.00 bits per heavy atom. The molecule has 1 atom stereocenters. The van der Waals surface area contributed by atoms with Gasteiger partial charge in [0, 0.05) is 25.4 Å². The first kappa shape index (κ1) is 15.3. The summed E-state index contributed by atoms with van der Waals surface area (Å²) in [5, 5.41) is 11.8. The molecule has 0 radical (unpaired) electrons. The Morgan fingerprint density at radius 3 is 2.71 bits per heavy atom. The molecule has 0 saturated carbocycles. The zero-order valence-electron chi connectivity index (χ0n) is 12.3. The lowest BCUT2D eigenvalue weighted by molar-refractivity contribution is 0.0925. The van der Waals surface area contributed by atoms with Gasteiger partial charge in [-0.25, -0.2) is 0 Å². The van der Waals surface area contributed by atoms with Crippen molar-refractivity contribution in [3.63, 3.8) is 0 Å². The number of carbonyl (C=O) groups excluding carboxylic acids is 1. The SMILES string of the molecule is CC(CCO)NC(=O)c1cccn1CCc1ccccc1. The summed E-state index contributed by atoms with van der Waals surface area (Å²) >= 11 is 0. The summed E-state index contributed by atoms with van der Waals surface area (Å²) in [4.78, 5) is 12.2. The fraction of sp³-hybridized carbons (Fsp3) is 0.353. The maximum atomic E-state index is 12.2. The fourth-order valence-corrected chi connectivity index (χ4v) is 2.27. The Bertz CT molecular complexity index is 563. The van der Waals surface area contributed by atoms with Crippen LogP contribution in [0.4, 0.5) is 0 Å². The van der Waals surface area contributed by atoms with Gasteiger partial charge in [0.15, 0.2) is 0 Å². The highest BCUT2D eigenvalue weighted by atomic mass is 16.3. The molecule has 0 aliphatic rings. The number of aliphatic hydroxyl groups excluding tert-OH is 1. The molecule has 2 N–H and O–H groups in total. The molecule has 0 aliphatic carbocycles. The van der Waals surface area contributed by atoms with E-state index in [2.05, 4.69) is 17.4 Å². The summed E-state index contributed by atoms with van der Waals surface area (Å²) in [5.41, 5.74) is 1.92. The molecule has 112 valence electrons. The number of aryl methyl sites for hydroxylation is 2. The van der Waals surface area contributed by atoms with Gasteiger partial charge in [-0.2, -0.15) is 0 Å². The molecule has 1 amide bonds. The van der Waals surface area contributed by atoms with Gasteiger partial charge >= 0.3 is 0 Å². The van der Waals surface area contributed by atoms with Gasteiger partial charge in [0.05, 0.1) is 0 Å². The van der Waals surface area contributed by atoms with Crippen molar-refractivity contribution >= 4 is 5.91 Å². The molecule has 21 heavy (non-hydrogen) atoms. The fourth-order valence-electron chi connectivity index (χ4n) is 2.27. The van der Waals surface area contributed by atoms with E-state index in [1.807, 2.05) is 48.0 Å². The maximum absolute atomic E-state index is 12.2. The number of rotatable bonds is 7. The average molecular weight is 286 g/mol. The van der Waals surface area contributed by atoms with E-state index in [4.69, 9.17) is 5.11 Å². The third-order valence-electron chi connectivity index (χ3n) is 3.49. The molecule has 4 nitrogen and oxygen atoms in total. The summed E-state index contributed by atoms with van der Waals surface area (Å²) in [6.07, 6.45) is 3.38. The van der Waals surface area contributed by atoms with E-state index in [0.29, 0.717) is 12.1 Å². The van der Waals surface area contributed by atoms with Crippen LogP contribution in [0, 0.1) is 0 Å². The molecule has 0 spiro atoms. The Kier molecular flexibility index (Phi) is 5.58. The number of hydrogen-bond donors (Lipinski definition) is 2. The van der Waals surface area contributed by atoms with Gasteiger partial charge in [0.2, 0.25) is 0 Å². The van der Waals surface area contributed by atoms with Gasteiger partial charge < -0.3 is 15.0 Å². The highest BCUT2D eigenvalue weighted by Gasteiger charge is 2.13. The van der Waals surface area contributed by atoms with E-state index in [1.165, 1.54) is 5.56 Å². The molecule has 2 rings (SSSR count). The highest BCUT2D eigenvalue weighted by Crippen LogP contribution is 2.07. The lowest BCUT2D eigenvalue weighted by Crippen LogP contribution is -2.34. The number of hydrogen-bond acceptors (Lipinski definition) is 2. The third kappa shape index (κ3) is 4.46. The lowest BCUT2D eigenvalue weighted by Gasteiger charge is -2.14. The van der Waals surface area contributed by atoms with Gasteiger partial charge in [-0.3, -0.25) is 4.79 Å².